The number of rotatable bonds is 6. The van der Waals surface area contributed by atoms with E-state index in [0.717, 1.165) is 47.5 Å². The summed E-state index contributed by atoms with van der Waals surface area (Å²) >= 11 is 1.43. The van der Waals surface area contributed by atoms with E-state index in [1.165, 1.54) is 11.8 Å². The maximum absolute atomic E-state index is 5.59. The van der Waals surface area contributed by atoms with Gasteiger partial charge in [-0.15, -0.1) is 0 Å². The summed E-state index contributed by atoms with van der Waals surface area (Å²) in [6, 6.07) is 1.93. The molecular weight excluding hydrogens is 272 g/mol. The zero-order chi connectivity index (χ0) is 14.5. The summed E-state index contributed by atoms with van der Waals surface area (Å²) in [7, 11) is 0. The summed E-state index contributed by atoms with van der Waals surface area (Å²) in [5, 5.41) is 4.72. The summed E-state index contributed by atoms with van der Waals surface area (Å²) in [4.78, 5) is 13.4. The number of hydrogen-bond acceptors (Lipinski definition) is 6. The van der Waals surface area contributed by atoms with Crippen LogP contribution in [0, 0.1) is 13.8 Å². The molecule has 0 amide bonds. The molecule has 0 saturated heterocycles. The molecular formula is C14H20N4OS. The Labute approximate surface area is 123 Å². The number of aromatic nitrogens is 3. The van der Waals surface area contributed by atoms with Crippen molar-refractivity contribution in [1.82, 2.24) is 15.0 Å². The molecule has 0 aliphatic rings. The molecule has 2 heterocycles. The van der Waals surface area contributed by atoms with E-state index in [0.29, 0.717) is 5.22 Å². The second kappa shape index (κ2) is 6.74. The molecule has 0 radical (unpaired) electrons. The van der Waals surface area contributed by atoms with E-state index in [9.17, 15) is 0 Å². The number of oxazole rings is 1. The lowest BCUT2D eigenvalue weighted by molar-refractivity contribution is 0.431. The third-order valence-corrected chi connectivity index (χ3v) is 3.55. The molecule has 0 aliphatic heterocycles. The molecule has 1 N–H and O–H groups in total. The second-order valence-corrected chi connectivity index (χ2v) is 5.48. The van der Waals surface area contributed by atoms with Crippen LogP contribution >= 0.6 is 11.8 Å². The molecule has 2 aromatic heterocycles. The predicted octanol–water partition coefficient (Wildman–Crippen LogP) is 3.62. The Bertz CT molecular complexity index is 539. The third-order valence-electron chi connectivity index (χ3n) is 2.78. The van der Waals surface area contributed by atoms with E-state index in [1.807, 2.05) is 19.9 Å². The van der Waals surface area contributed by atoms with E-state index >= 15 is 0 Å². The predicted molar refractivity (Wildman–Crippen MR) is 80.3 cm³/mol. The molecule has 6 heteroatoms. The van der Waals surface area contributed by atoms with Crippen molar-refractivity contribution in [3.63, 3.8) is 0 Å². The quantitative estimate of drug-likeness (QED) is 0.820. The van der Waals surface area contributed by atoms with Gasteiger partial charge in [0.05, 0.1) is 5.69 Å². The van der Waals surface area contributed by atoms with Crippen molar-refractivity contribution in [2.45, 2.75) is 50.8 Å². The Morgan fingerprint density at radius 1 is 1.20 bits per heavy atom. The normalized spacial score (nSPS) is 10.8. The Morgan fingerprint density at radius 2 is 2.00 bits per heavy atom. The average molecular weight is 292 g/mol. The SMILES string of the molecule is CCCc1nc(NCC)cc(Sc2nc(C)c(C)o2)n1. The first-order chi connectivity index (χ1) is 9.62. The van der Waals surface area contributed by atoms with Crippen LogP contribution in [0.3, 0.4) is 0 Å². The highest BCUT2D eigenvalue weighted by Gasteiger charge is 2.11. The van der Waals surface area contributed by atoms with E-state index < -0.39 is 0 Å². The van der Waals surface area contributed by atoms with Crippen LogP contribution in [-0.2, 0) is 6.42 Å². The number of anilines is 1. The van der Waals surface area contributed by atoms with Crippen molar-refractivity contribution in [3.05, 3.63) is 23.3 Å². The maximum Gasteiger partial charge on any atom is 0.262 e. The van der Waals surface area contributed by atoms with Gasteiger partial charge in [-0.05, 0) is 39.0 Å². The third kappa shape index (κ3) is 3.72. The second-order valence-electron chi connectivity index (χ2n) is 4.51. The number of hydrogen-bond donors (Lipinski definition) is 1. The minimum atomic E-state index is 0.628. The Morgan fingerprint density at radius 3 is 2.60 bits per heavy atom. The standard InChI is InChI=1S/C14H20N4OS/c1-5-7-11-17-12(15-6-2)8-13(18-11)20-14-16-9(3)10(4)19-14/h8H,5-7H2,1-4H3,(H,15,17,18). The molecule has 0 spiro atoms. The topological polar surface area (TPSA) is 63.8 Å². The highest BCUT2D eigenvalue weighted by Crippen LogP contribution is 2.28. The van der Waals surface area contributed by atoms with Gasteiger partial charge >= 0.3 is 0 Å². The number of nitrogens with zero attached hydrogens (tertiary/aromatic N) is 3. The molecule has 0 fully saturated rings. The van der Waals surface area contributed by atoms with Gasteiger partial charge in [0.15, 0.2) is 0 Å². The van der Waals surface area contributed by atoms with Gasteiger partial charge in [0.2, 0.25) is 0 Å². The van der Waals surface area contributed by atoms with Crippen LogP contribution in [0.15, 0.2) is 20.7 Å². The zero-order valence-corrected chi connectivity index (χ0v) is 13.2. The fourth-order valence-corrected chi connectivity index (χ4v) is 2.56. The Balaban J connectivity index is 2.24. The largest absolute Gasteiger partial charge is 0.436 e. The molecule has 2 rings (SSSR count). The smallest absolute Gasteiger partial charge is 0.262 e. The van der Waals surface area contributed by atoms with Crippen molar-refractivity contribution in [2.75, 3.05) is 11.9 Å². The minimum Gasteiger partial charge on any atom is -0.436 e. The van der Waals surface area contributed by atoms with Crippen LogP contribution in [0.5, 0.6) is 0 Å². The Kier molecular flexibility index (Phi) is 5.00. The first-order valence-electron chi connectivity index (χ1n) is 6.86. The molecule has 20 heavy (non-hydrogen) atoms. The molecule has 0 saturated carbocycles. The van der Waals surface area contributed by atoms with Gasteiger partial charge in [-0.25, -0.2) is 15.0 Å². The van der Waals surface area contributed by atoms with E-state index in [4.69, 9.17) is 4.42 Å². The van der Waals surface area contributed by atoms with Gasteiger partial charge in [-0.2, -0.15) is 0 Å². The minimum absolute atomic E-state index is 0.628. The van der Waals surface area contributed by atoms with Crippen LogP contribution in [0.25, 0.3) is 0 Å². The summed E-state index contributed by atoms with van der Waals surface area (Å²) in [6.45, 7) is 8.87. The van der Waals surface area contributed by atoms with Gasteiger partial charge in [-0.1, -0.05) is 6.92 Å². The fraction of sp³-hybridized carbons (Fsp3) is 0.500. The fourth-order valence-electron chi connectivity index (χ4n) is 1.71. The lowest BCUT2D eigenvalue weighted by Crippen LogP contribution is -2.04. The van der Waals surface area contributed by atoms with Crippen molar-refractivity contribution in [3.8, 4) is 0 Å². The number of aryl methyl sites for hydroxylation is 3. The summed E-state index contributed by atoms with van der Waals surface area (Å²) in [5.74, 6) is 2.56. The highest BCUT2D eigenvalue weighted by molar-refractivity contribution is 7.99. The molecule has 0 aromatic carbocycles. The van der Waals surface area contributed by atoms with Gasteiger partial charge < -0.3 is 9.73 Å². The van der Waals surface area contributed by atoms with Crippen LogP contribution in [0.4, 0.5) is 5.82 Å². The average Bonchev–Trinajstić information content (AvgIpc) is 2.68. The molecule has 0 bridgehead atoms. The lowest BCUT2D eigenvalue weighted by Gasteiger charge is -2.07. The first-order valence-corrected chi connectivity index (χ1v) is 7.67. The van der Waals surface area contributed by atoms with Crippen molar-refractivity contribution in [1.29, 1.82) is 0 Å². The molecule has 108 valence electrons. The van der Waals surface area contributed by atoms with Crippen LogP contribution in [0.1, 0.15) is 37.5 Å². The maximum atomic E-state index is 5.59. The van der Waals surface area contributed by atoms with E-state index in [-0.39, 0.29) is 0 Å². The lowest BCUT2D eigenvalue weighted by atomic mass is 10.3. The summed E-state index contributed by atoms with van der Waals surface area (Å²) < 4.78 is 5.59. The van der Waals surface area contributed by atoms with E-state index in [2.05, 4.69) is 34.1 Å². The zero-order valence-electron chi connectivity index (χ0n) is 12.4. The summed E-state index contributed by atoms with van der Waals surface area (Å²) in [6.07, 6.45) is 1.90. The van der Waals surface area contributed by atoms with Crippen LogP contribution < -0.4 is 5.32 Å². The molecule has 5 nitrogen and oxygen atoms in total. The summed E-state index contributed by atoms with van der Waals surface area (Å²) in [5.41, 5.74) is 0.919. The van der Waals surface area contributed by atoms with Gasteiger partial charge in [0.25, 0.3) is 5.22 Å². The molecule has 2 aromatic rings. The van der Waals surface area contributed by atoms with Gasteiger partial charge in [-0.3, -0.25) is 0 Å². The monoisotopic (exact) mass is 292 g/mol. The molecule has 0 atom stereocenters. The number of nitrogens with one attached hydrogen (secondary N) is 1. The highest BCUT2D eigenvalue weighted by atomic mass is 32.2. The van der Waals surface area contributed by atoms with Crippen LogP contribution in [0.2, 0.25) is 0 Å². The van der Waals surface area contributed by atoms with Gasteiger partial charge in [0, 0.05) is 19.0 Å². The Hall–Kier alpha value is -1.56. The molecule has 0 aliphatic carbocycles. The first kappa shape index (κ1) is 14.8. The van der Waals surface area contributed by atoms with Crippen molar-refractivity contribution < 1.29 is 4.42 Å². The van der Waals surface area contributed by atoms with Crippen molar-refractivity contribution in [2.24, 2.45) is 0 Å². The molecule has 0 unspecified atom stereocenters. The van der Waals surface area contributed by atoms with Crippen LogP contribution in [-0.4, -0.2) is 21.5 Å². The van der Waals surface area contributed by atoms with Gasteiger partial charge in [0.1, 0.15) is 22.4 Å². The van der Waals surface area contributed by atoms with Crippen molar-refractivity contribution >= 4 is 17.6 Å². The van der Waals surface area contributed by atoms with E-state index in [1.54, 1.807) is 0 Å².